The summed E-state index contributed by atoms with van der Waals surface area (Å²) in [5, 5.41) is 0.604. The lowest BCUT2D eigenvalue weighted by Crippen LogP contribution is -2.28. The van der Waals surface area contributed by atoms with Gasteiger partial charge in [0.15, 0.2) is 0 Å². The number of carbonyl (C=O) groups excluding carboxylic acids is 1. The average molecular weight is 385 g/mol. The highest BCUT2D eigenvalue weighted by atomic mass is 32.1. The van der Waals surface area contributed by atoms with Crippen molar-refractivity contribution in [2.75, 3.05) is 13.7 Å². The van der Waals surface area contributed by atoms with Crippen LogP contribution in [0.4, 0.5) is 0 Å². The molecule has 1 amide bonds. The quantitative estimate of drug-likeness (QED) is 0.677. The Kier molecular flexibility index (Phi) is 5.72. The zero-order valence-corrected chi connectivity index (χ0v) is 16.6. The van der Waals surface area contributed by atoms with Crippen LogP contribution in [0.5, 0.6) is 0 Å². The molecule has 0 saturated heterocycles. The van der Waals surface area contributed by atoms with Crippen LogP contribution in [0.2, 0.25) is 0 Å². The molecular weight excluding hydrogens is 362 g/mol. The van der Waals surface area contributed by atoms with Gasteiger partial charge in [0, 0.05) is 36.9 Å². The molecule has 0 unspecified atom stereocenters. The van der Waals surface area contributed by atoms with Gasteiger partial charge in [0.05, 0.1) is 12.0 Å². The van der Waals surface area contributed by atoms with Crippen LogP contribution in [0.3, 0.4) is 0 Å². The summed E-state index contributed by atoms with van der Waals surface area (Å²) >= 11 is 1.52. The maximum atomic E-state index is 13.3. The SMILES string of the molecule is COCCc1nc2sc(C)c(-c3ccc(C)cc3)c2c(=O)n1CCC(N)=O. The molecule has 2 N–H and O–H groups in total. The van der Waals surface area contributed by atoms with E-state index in [4.69, 9.17) is 15.5 Å². The number of rotatable bonds is 7. The third-order valence-electron chi connectivity index (χ3n) is 4.52. The van der Waals surface area contributed by atoms with Crippen LogP contribution in [-0.4, -0.2) is 29.2 Å². The third-order valence-corrected chi connectivity index (χ3v) is 5.52. The summed E-state index contributed by atoms with van der Waals surface area (Å²) in [4.78, 5) is 31.1. The molecule has 7 heteroatoms. The van der Waals surface area contributed by atoms with Crippen LogP contribution < -0.4 is 11.3 Å². The fraction of sp³-hybridized carbons (Fsp3) is 0.350. The maximum absolute atomic E-state index is 13.3. The molecule has 3 rings (SSSR count). The predicted octanol–water partition coefficient (Wildman–Crippen LogP) is 2.81. The molecule has 0 fully saturated rings. The van der Waals surface area contributed by atoms with Gasteiger partial charge >= 0.3 is 0 Å². The number of primary amides is 1. The van der Waals surface area contributed by atoms with E-state index >= 15 is 0 Å². The number of nitrogens with zero attached hydrogens (tertiary/aromatic N) is 2. The van der Waals surface area contributed by atoms with E-state index in [1.54, 1.807) is 11.7 Å². The Bertz CT molecular complexity index is 1040. The van der Waals surface area contributed by atoms with Gasteiger partial charge in [0.2, 0.25) is 5.91 Å². The van der Waals surface area contributed by atoms with Crippen LogP contribution in [0.1, 0.15) is 22.7 Å². The van der Waals surface area contributed by atoms with Gasteiger partial charge in [-0.2, -0.15) is 0 Å². The van der Waals surface area contributed by atoms with Crippen molar-refractivity contribution in [2.45, 2.75) is 33.2 Å². The fourth-order valence-electron chi connectivity index (χ4n) is 3.14. The first-order valence-electron chi connectivity index (χ1n) is 8.79. The lowest BCUT2D eigenvalue weighted by atomic mass is 10.0. The minimum absolute atomic E-state index is 0.0933. The molecule has 3 aromatic rings. The van der Waals surface area contributed by atoms with E-state index < -0.39 is 5.91 Å². The summed E-state index contributed by atoms with van der Waals surface area (Å²) in [6.45, 7) is 4.70. The first-order chi connectivity index (χ1) is 12.9. The van der Waals surface area contributed by atoms with E-state index in [1.807, 2.05) is 38.1 Å². The second-order valence-corrected chi connectivity index (χ2v) is 7.73. The molecule has 27 heavy (non-hydrogen) atoms. The maximum Gasteiger partial charge on any atom is 0.262 e. The second-order valence-electron chi connectivity index (χ2n) is 6.52. The number of amides is 1. The third kappa shape index (κ3) is 3.94. The molecular formula is C20H23N3O3S. The highest BCUT2D eigenvalue weighted by Crippen LogP contribution is 2.35. The first kappa shape index (κ1) is 19.3. The average Bonchev–Trinajstić information content (AvgIpc) is 2.96. The molecule has 0 aliphatic rings. The lowest BCUT2D eigenvalue weighted by Gasteiger charge is -2.12. The van der Waals surface area contributed by atoms with Gasteiger partial charge in [-0.25, -0.2) is 4.98 Å². The van der Waals surface area contributed by atoms with Crippen LogP contribution in [0.25, 0.3) is 21.3 Å². The summed E-state index contributed by atoms with van der Waals surface area (Å²) in [7, 11) is 1.61. The Morgan fingerprint density at radius 1 is 1.26 bits per heavy atom. The van der Waals surface area contributed by atoms with Crippen molar-refractivity contribution in [3.63, 3.8) is 0 Å². The highest BCUT2D eigenvalue weighted by Gasteiger charge is 2.19. The number of thiophene rings is 1. The Hall–Kier alpha value is -2.51. The van der Waals surface area contributed by atoms with Crippen LogP contribution in [-0.2, 0) is 22.5 Å². The number of nitrogens with two attached hydrogens (primary N) is 1. The Morgan fingerprint density at radius 3 is 2.59 bits per heavy atom. The fourth-order valence-corrected chi connectivity index (χ4v) is 4.20. The van der Waals surface area contributed by atoms with E-state index in [2.05, 4.69) is 0 Å². The smallest absolute Gasteiger partial charge is 0.262 e. The van der Waals surface area contributed by atoms with Gasteiger partial charge in [0.1, 0.15) is 10.7 Å². The number of methoxy groups -OCH3 is 1. The Balaban J connectivity index is 2.23. The number of ether oxygens (including phenoxy) is 1. The van der Waals surface area contributed by atoms with Crippen molar-refractivity contribution >= 4 is 27.5 Å². The number of carbonyl (C=O) groups is 1. The predicted molar refractivity (Wildman–Crippen MR) is 108 cm³/mol. The molecule has 2 heterocycles. The van der Waals surface area contributed by atoms with Gasteiger partial charge < -0.3 is 10.5 Å². The van der Waals surface area contributed by atoms with Crippen molar-refractivity contribution in [3.8, 4) is 11.1 Å². The van der Waals surface area contributed by atoms with E-state index in [0.717, 1.165) is 26.4 Å². The zero-order chi connectivity index (χ0) is 19.6. The molecule has 0 saturated carbocycles. The van der Waals surface area contributed by atoms with Gasteiger partial charge in [-0.3, -0.25) is 14.2 Å². The Labute approximate surface area is 161 Å². The van der Waals surface area contributed by atoms with E-state index in [-0.39, 0.29) is 18.5 Å². The minimum Gasteiger partial charge on any atom is -0.384 e. The molecule has 0 spiro atoms. The molecule has 0 radical (unpaired) electrons. The highest BCUT2D eigenvalue weighted by molar-refractivity contribution is 7.19. The lowest BCUT2D eigenvalue weighted by molar-refractivity contribution is -0.118. The molecule has 142 valence electrons. The van der Waals surface area contributed by atoms with Crippen LogP contribution in [0, 0.1) is 13.8 Å². The molecule has 0 bridgehead atoms. The number of hydrogen-bond donors (Lipinski definition) is 1. The number of fused-ring (bicyclic) bond motifs is 1. The van der Waals surface area contributed by atoms with Gasteiger partial charge in [-0.15, -0.1) is 11.3 Å². The molecule has 0 aliphatic carbocycles. The normalized spacial score (nSPS) is 11.2. The second kappa shape index (κ2) is 8.02. The number of aryl methyl sites for hydroxylation is 2. The van der Waals surface area contributed by atoms with Crippen molar-refractivity contribution in [1.29, 1.82) is 0 Å². The van der Waals surface area contributed by atoms with Gasteiger partial charge in [-0.05, 0) is 19.4 Å². The minimum atomic E-state index is -0.444. The number of hydrogen-bond acceptors (Lipinski definition) is 5. The van der Waals surface area contributed by atoms with Gasteiger partial charge in [-0.1, -0.05) is 29.8 Å². The number of benzene rings is 1. The first-order valence-corrected chi connectivity index (χ1v) is 9.61. The standard InChI is InChI=1S/C20H23N3O3S/c1-12-4-6-14(7-5-12)17-13(2)27-19-18(17)20(25)23(10-8-15(21)24)16(22-19)9-11-26-3/h4-7H,8-11H2,1-3H3,(H2,21,24). The molecule has 1 aromatic carbocycles. The zero-order valence-electron chi connectivity index (χ0n) is 15.7. The van der Waals surface area contributed by atoms with Crippen LogP contribution >= 0.6 is 11.3 Å². The van der Waals surface area contributed by atoms with Crippen molar-refractivity contribution in [2.24, 2.45) is 5.73 Å². The largest absolute Gasteiger partial charge is 0.384 e. The van der Waals surface area contributed by atoms with Gasteiger partial charge in [0.25, 0.3) is 5.56 Å². The summed E-state index contributed by atoms with van der Waals surface area (Å²) in [5.41, 5.74) is 8.23. The van der Waals surface area contributed by atoms with E-state index in [0.29, 0.717) is 24.2 Å². The molecule has 0 atom stereocenters. The van der Waals surface area contributed by atoms with Crippen molar-refractivity contribution in [1.82, 2.24) is 9.55 Å². The summed E-state index contributed by atoms with van der Waals surface area (Å²) < 4.78 is 6.71. The summed E-state index contributed by atoms with van der Waals surface area (Å²) in [6, 6.07) is 8.11. The van der Waals surface area contributed by atoms with E-state index in [1.165, 1.54) is 11.3 Å². The topological polar surface area (TPSA) is 87.2 Å². The number of aromatic nitrogens is 2. The summed E-state index contributed by atoms with van der Waals surface area (Å²) in [5.74, 6) is 0.173. The summed E-state index contributed by atoms with van der Waals surface area (Å²) in [6.07, 6.45) is 0.591. The molecule has 2 aromatic heterocycles. The Morgan fingerprint density at radius 2 is 1.96 bits per heavy atom. The van der Waals surface area contributed by atoms with Crippen molar-refractivity contribution < 1.29 is 9.53 Å². The van der Waals surface area contributed by atoms with Crippen molar-refractivity contribution in [3.05, 3.63) is 50.9 Å². The monoisotopic (exact) mass is 385 g/mol. The van der Waals surface area contributed by atoms with E-state index in [9.17, 15) is 9.59 Å². The van der Waals surface area contributed by atoms with Crippen LogP contribution in [0.15, 0.2) is 29.1 Å². The molecule has 0 aliphatic heterocycles. The molecule has 6 nitrogen and oxygen atoms in total.